The zero-order valence-electron chi connectivity index (χ0n) is 18.8. The van der Waals surface area contributed by atoms with Gasteiger partial charge in [0.15, 0.2) is 11.8 Å². The Morgan fingerprint density at radius 2 is 1.88 bits per heavy atom. The number of fused-ring (bicyclic) bond motifs is 1. The van der Waals surface area contributed by atoms with E-state index in [2.05, 4.69) is 41.6 Å². The number of hydrogen-bond acceptors (Lipinski definition) is 8. The summed E-state index contributed by atoms with van der Waals surface area (Å²) in [5.74, 6) is 1.98. The van der Waals surface area contributed by atoms with Crippen LogP contribution in [0.3, 0.4) is 0 Å². The fourth-order valence-corrected chi connectivity index (χ4v) is 3.63. The van der Waals surface area contributed by atoms with Gasteiger partial charge in [0.25, 0.3) is 0 Å². The quantitative estimate of drug-likeness (QED) is 0.326. The molecule has 0 fully saturated rings. The molecule has 5 aromatic heterocycles. The lowest BCUT2D eigenvalue weighted by Crippen LogP contribution is -2.13. The number of nitrogens with one attached hydrogen (secondary N) is 4. The number of pyridine rings is 3. The first kappa shape index (κ1) is 21.4. The Bertz CT molecular complexity index is 1400. The van der Waals surface area contributed by atoms with E-state index in [0.717, 1.165) is 34.6 Å². The second-order valence-corrected chi connectivity index (χ2v) is 7.69. The standard InChI is InChI=1S/C24H23N9O/c1-15-31-21(22-24(32-15)30-14-29-22)19-9-17(11-26-10-16-5-7-25-8-6-16)12-28-23(19)33-18-3-4-20(34-2)27-13-18/h3-9,12-14,26H,10-11H2,1-2H3,(H,28,33)(H,29,30,31,32)/p+1. The normalized spacial score (nSPS) is 11.0. The Morgan fingerprint density at radius 1 is 1.03 bits per heavy atom. The van der Waals surface area contributed by atoms with Gasteiger partial charge in [0.1, 0.15) is 28.5 Å². The molecule has 0 aliphatic carbocycles. The van der Waals surface area contributed by atoms with Gasteiger partial charge < -0.3 is 20.4 Å². The van der Waals surface area contributed by atoms with Crippen LogP contribution in [0.2, 0.25) is 0 Å². The van der Waals surface area contributed by atoms with Crippen molar-refractivity contribution in [2.45, 2.75) is 20.0 Å². The molecule has 0 unspecified atom stereocenters. The van der Waals surface area contributed by atoms with Gasteiger partial charge >= 0.3 is 5.88 Å². The van der Waals surface area contributed by atoms with Crippen LogP contribution in [-0.2, 0) is 13.1 Å². The summed E-state index contributed by atoms with van der Waals surface area (Å²) in [5, 5.41) is 6.85. The molecule has 0 saturated heterocycles. The Kier molecular flexibility index (Phi) is 6.04. The fourth-order valence-electron chi connectivity index (χ4n) is 3.63. The highest BCUT2D eigenvalue weighted by Crippen LogP contribution is 2.31. The summed E-state index contributed by atoms with van der Waals surface area (Å²) in [7, 11) is 1.62. The molecule has 5 heterocycles. The number of hydrogen-bond donors (Lipinski definition) is 3. The number of ether oxygens (including phenoxy) is 1. The molecule has 10 nitrogen and oxygen atoms in total. The zero-order valence-corrected chi connectivity index (χ0v) is 18.8. The van der Waals surface area contributed by atoms with Crippen LogP contribution in [0.5, 0.6) is 5.88 Å². The number of aromatic nitrogens is 7. The van der Waals surface area contributed by atoms with Gasteiger partial charge in [-0.15, -0.1) is 0 Å². The summed E-state index contributed by atoms with van der Waals surface area (Å²) in [6.45, 7) is 3.24. The molecule has 0 aliphatic rings. The summed E-state index contributed by atoms with van der Waals surface area (Å²) in [6.07, 6.45) is 8.89. The van der Waals surface area contributed by atoms with E-state index in [1.165, 1.54) is 5.56 Å². The summed E-state index contributed by atoms with van der Waals surface area (Å²) in [6, 6.07) is 9.84. The summed E-state index contributed by atoms with van der Waals surface area (Å²) in [5.41, 5.74) is 6.00. The fraction of sp³-hybridized carbons (Fsp3) is 0.167. The van der Waals surface area contributed by atoms with Crippen molar-refractivity contribution in [3.05, 3.63) is 78.4 Å². The highest BCUT2D eigenvalue weighted by molar-refractivity contribution is 5.91. The van der Waals surface area contributed by atoms with Crippen LogP contribution < -0.4 is 20.4 Å². The van der Waals surface area contributed by atoms with E-state index in [0.29, 0.717) is 29.7 Å². The number of aromatic amines is 2. The SMILES string of the molecule is COc1ccc(Nc2ncc(CNCc3ccncc3)cc2-c2nc(C)nc3nc[nH]c23)c[nH+]1. The maximum Gasteiger partial charge on any atom is 0.365 e. The van der Waals surface area contributed by atoms with Crippen molar-refractivity contribution >= 4 is 22.7 Å². The molecule has 34 heavy (non-hydrogen) atoms. The monoisotopic (exact) mass is 454 g/mol. The maximum absolute atomic E-state index is 5.21. The lowest BCUT2D eigenvalue weighted by Gasteiger charge is -2.13. The van der Waals surface area contributed by atoms with E-state index >= 15 is 0 Å². The van der Waals surface area contributed by atoms with Crippen LogP contribution in [0.25, 0.3) is 22.4 Å². The average Bonchev–Trinajstić information content (AvgIpc) is 3.34. The predicted octanol–water partition coefficient (Wildman–Crippen LogP) is 2.97. The molecule has 0 spiro atoms. The number of aryl methyl sites for hydroxylation is 1. The molecular formula is C24H24N9O+. The van der Waals surface area contributed by atoms with Crippen molar-refractivity contribution in [1.29, 1.82) is 0 Å². The highest BCUT2D eigenvalue weighted by Gasteiger charge is 2.17. The van der Waals surface area contributed by atoms with E-state index in [9.17, 15) is 0 Å². The van der Waals surface area contributed by atoms with Crippen LogP contribution in [0.15, 0.2) is 61.4 Å². The minimum absolute atomic E-state index is 0.618. The van der Waals surface area contributed by atoms with Crippen LogP contribution in [0.1, 0.15) is 17.0 Å². The van der Waals surface area contributed by atoms with Gasteiger partial charge in [-0.2, -0.15) is 4.98 Å². The van der Waals surface area contributed by atoms with E-state index in [4.69, 9.17) is 14.7 Å². The molecule has 170 valence electrons. The van der Waals surface area contributed by atoms with Crippen molar-refractivity contribution in [3.8, 4) is 17.1 Å². The number of methoxy groups -OCH3 is 1. The summed E-state index contributed by atoms with van der Waals surface area (Å²) < 4.78 is 5.21. The third kappa shape index (κ3) is 4.66. The first-order valence-electron chi connectivity index (χ1n) is 10.8. The van der Waals surface area contributed by atoms with Gasteiger partial charge in [0, 0.05) is 37.2 Å². The van der Waals surface area contributed by atoms with E-state index in [1.807, 2.05) is 43.6 Å². The van der Waals surface area contributed by atoms with Gasteiger partial charge in [0.05, 0.1) is 19.5 Å². The van der Waals surface area contributed by atoms with Crippen molar-refractivity contribution in [1.82, 2.24) is 35.2 Å². The Hall–Kier alpha value is -4.44. The molecule has 10 heteroatoms. The highest BCUT2D eigenvalue weighted by atomic mass is 16.5. The Balaban J connectivity index is 1.49. The summed E-state index contributed by atoms with van der Waals surface area (Å²) in [4.78, 5) is 28.5. The second-order valence-electron chi connectivity index (χ2n) is 7.69. The molecule has 0 atom stereocenters. The Morgan fingerprint density at radius 3 is 2.68 bits per heavy atom. The second kappa shape index (κ2) is 9.59. The van der Waals surface area contributed by atoms with E-state index in [-0.39, 0.29) is 0 Å². The molecule has 0 aromatic carbocycles. The number of anilines is 2. The number of H-pyrrole nitrogens is 2. The molecule has 5 rings (SSSR count). The van der Waals surface area contributed by atoms with E-state index < -0.39 is 0 Å². The molecule has 5 aromatic rings. The number of rotatable bonds is 8. The van der Waals surface area contributed by atoms with Crippen LogP contribution in [-0.4, -0.2) is 37.0 Å². The van der Waals surface area contributed by atoms with Crippen LogP contribution >= 0.6 is 0 Å². The summed E-state index contributed by atoms with van der Waals surface area (Å²) >= 11 is 0. The molecule has 0 bridgehead atoms. The largest absolute Gasteiger partial charge is 0.448 e. The van der Waals surface area contributed by atoms with Crippen molar-refractivity contribution in [3.63, 3.8) is 0 Å². The number of nitrogens with zero attached hydrogens (tertiary/aromatic N) is 5. The van der Waals surface area contributed by atoms with Crippen LogP contribution in [0.4, 0.5) is 11.5 Å². The number of imidazole rings is 1. The van der Waals surface area contributed by atoms with Crippen molar-refractivity contribution in [2.75, 3.05) is 12.4 Å². The van der Waals surface area contributed by atoms with Gasteiger partial charge in [-0.3, -0.25) is 4.98 Å². The maximum atomic E-state index is 5.21. The molecule has 0 aliphatic heterocycles. The molecule has 4 N–H and O–H groups in total. The smallest absolute Gasteiger partial charge is 0.365 e. The van der Waals surface area contributed by atoms with E-state index in [1.54, 1.807) is 25.8 Å². The first-order valence-corrected chi connectivity index (χ1v) is 10.8. The third-order valence-corrected chi connectivity index (χ3v) is 5.27. The molecule has 0 amide bonds. The third-order valence-electron chi connectivity index (χ3n) is 5.27. The Labute approximate surface area is 195 Å². The topological polar surface area (TPSA) is 128 Å². The van der Waals surface area contributed by atoms with Gasteiger partial charge in [-0.25, -0.2) is 19.9 Å². The van der Waals surface area contributed by atoms with Gasteiger partial charge in [-0.1, -0.05) is 0 Å². The molecular weight excluding hydrogens is 430 g/mol. The molecule has 0 radical (unpaired) electrons. The minimum atomic E-state index is 0.618. The van der Waals surface area contributed by atoms with Gasteiger partial charge in [-0.05, 0) is 42.3 Å². The average molecular weight is 455 g/mol. The minimum Gasteiger partial charge on any atom is -0.448 e. The predicted molar refractivity (Wildman–Crippen MR) is 127 cm³/mol. The van der Waals surface area contributed by atoms with Crippen molar-refractivity contribution < 1.29 is 9.72 Å². The lowest BCUT2D eigenvalue weighted by molar-refractivity contribution is -0.392. The molecule has 0 saturated carbocycles. The lowest BCUT2D eigenvalue weighted by atomic mass is 10.1. The van der Waals surface area contributed by atoms with Crippen LogP contribution in [0, 0.1) is 6.92 Å². The van der Waals surface area contributed by atoms with Crippen molar-refractivity contribution in [2.24, 2.45) is 0 Å². The zero-order chi connectivity index (χ0) is 23.3. The first-order chi connectivity index (χ1) is 16.7. The van der Waals surface area contributed by atoms with Gasteiger partial charge in [0.2, 0.25) is 0 Å².